The van der Waals surface area contributed by atoms with Gasteiger partial charge in [-0.2, -0.15) is 0 Å². The van der Waals surface area contributed by atoms with Crippen LogP contribution in [0.1, 0.15) is 30.5 Å². The summed E-state index contributed by atoms with van der Waals surface area (Å²) < 4.78 is 0. The fourth-order valence-corrected chi connectivity index (χ4v) is 3.30. The molecule has 0 saturated carbocycles. The van der Waals surface area contributed by atoms with Crippen molar-refractivity contribution in [1.29, 1.82) is 0 Å². The number of nitrogens with one attached hydrogen (secondary N) is 2. The van der Waals surface area contributed by atoms with Gasteiger partial charge in [0, 0.05) is 24.8 Å². The van der Waals surface area contributed by atoms with Gasteiger partial charge in [0.15, 0.2) is 0 Å². The molecule has 0 spiro atoms. The average Bonchev–Trinajstić information content (AvgIpc) is 2.66. The number of benzene rings is 2. The van der Waals surface area contributed by atoms with Crippen LogP contribution in [0.2, 0.25) is 0 Å². The van der Waals surface area contributed by atoms with E-state index in [0.29, 0.717) is 13.0 Å². The lowest BCUT2D eigenvalue weighted by molar-refractivity contribution is -0.130. The number of nitrogens with zero attached hydrogens (tertiary/aromatic N) is 1. The van der Waals surface area contributed by atoms with Crippen molar-refractivity contribution in [3.63, 3.8) is 0 Å². The highest BCUT2D eigenvalue weighted by atomic mass is 16.2. The van der Waals surface area contributed by atoms with Gasteiger partial charge in [0.25, 0.3) is 0 Å². The van der Waals surface area contributed by atoms with Crippen molar-refractivity contribution in [1.82, 2.24) is 10.2 Å². The predicted octanol–water partition coefficient (Wildman–Crippen LogP) is 2.75. The lowest BCUT2D eigenvalue weighted by Crippen LogP contribution is -2.39. The standard InChI is InChI=1S/C22H27N3O2/c1-16(2)24-21(26)13-17-7-9-20(10-8-17)23-14-22(27)25-12-11-18-5-3-4-6-19(18)15-25/h3-10,16,23H,11-15H2,1-2H3,(H,24,26). The summed E-state index contributed by atoms with van der Waals surface area (Å²) in [6, 6.07) is 16.1. The van der Waals surface area contributed by atoms with Gasteiger partial charge in [0.2, 0.25) is 11.8 Å². The highest BCUT2D eigenvalue weighted by Gasteiger charge is 2.19. The molecule has 0 atom stereocenters. The summed E-state index contributed by atoms with van der Waals surface area (Å²) in [5, 5.41) is 6.07. The first-order valence-electron chi connectivity index (χ1n) is 9.48. The quantitative estimate of drug-likeness (QED) is 0.827. The predicted molar refractivity (Wildman–Crippen MR) is 107 cm³/mol. The molecule has 1 aliphatic rings. The first-order chi connectivity index (χ1) is 13.0. The van der Waals surface area contributed by atoms with Crippen LogP contribution in [0.3, 0.4) is 0 Å². The van der Waals surface area contributed by atoms with Crippen LogP contribution in [-0.2, 0) is 29.0 Å². The van der Waals surface area contributed by atoms with Crippen LogP contribution in [0.5, 0.6) is 0 Å². The normalized spacial score (nSPS) is 13.2. The van der Waals surface area contributed by atoms with Gasteiger partial charge >= 0.3 is 0 Å². The summed E-state index contributed by atoms with van der Waals surface area (Å²) in [4.78, 5) is 26.2. The fourth-order valence-electron chi connectivity index (χ4n) is 3.30. The Bertz CT molecular complexity index is 799. The van der Waals surface area contributed by atoms with E-state index < -0.39 is 0 Å². The highest BCUT2D eigenvalue weighted by Crippen LogP contribution is 2.18. The molecule has 0 unspecified atom stereocenters. The molecule has 3 rings (SSSR count). The van der Waals surface area contributed by atoms with Crippen LogP contribution in [0.4, 0.5) is 5.69 Å². The molecule has 142 valence electrons. The number of amides is 2. The van der Waals surface area contributed by atoms with Crippen molar-refractivity contribution in [3.8, 4) is 0 Å². The Kier molecular flexibility index (Phi) is 6.12. The van der Waals surface area contributed by atoms with E-state index in [4.69, 9.17) is 0 Å². The monoisotopic (exact) mass is 365 g/mol. The number of anilines is 1. The molecule has 0 fully saturated rings. The maximum Gasteiger partial charge on any atom is 0.242 e. The number of fused-ring (bicyclic) bond motifs is 1. The zero-order valence-electron chi connectivity index (χ0n) is 16.0. The second-order valence-corrected chi connectivity index (χ2v) is 7.28. The Morgan fingerprint density at radius 1 is 1.04 bits per heavy atom. The lowest BCUT2D eigenvalue weighted by atomic mass is 10.00. The third-order valence-electron chi connectivity index (χ3n) is 4.70. The van der Waals surface area contributed by atoms with Gasteiger partial charge in [-0.1, -0.05) is 36.4 Å². The summed E-state index contributed by atoms with van der Waals surface area (Å²) >= 11 is 0. The van der Waals surface area contributed by atoms with E-state index in [2.05, 4.69) is 22.8 Å². The molecule has 5 nitrogen and oxygen atoms in total. The molecular formula is C22H27N3O2. The maximum absolute atomic E-state index is 12.5. The van der Waals surface area contributed by atoms with Gasteiger partial charge in [-0.05, 0) is 49.1 Å². The molecule has 2 aromatic carbocycles. The number of carbonyl (C=O) groups is 2. The number of rotatable bonds is 6. The average molecular weight is 365 g/mol. The topological polar surface area (TPSA) is 61.4 Å². The van der Waals surface area contributed by atoms with Crippen LogP contribution in [-0.4, -0.2) is 35.8 Å². The minimum atomic E-state index is 0.0197. The van der Waals surface area contributed by atoms with Gasteiger partial charge in [-0.25, -0.2) is 0 Å². The zero-order chi connectivity index (χ0) is 19.2. The Hall–Kier alpha value is -2.82. The molecular weight excluding hydrogens is 338 g/mol. The minimum absolute atomic E-state index is 0.0197. The Balaban J connectivity index is 1.49. The Labute approximate surface area is 160 Å². The molecule has 0 bridgehead atoms. The molecule has 2 aromatic rings. The van der Waals surface area contributed by atoms with Crippen LogP contribution in [0.25, 0.3) is 0 Å². The first kappa shape index (κ1) is 19.0. The highest BCUT2D eigenvalue weighted by molar-refractivity contribution is 5.81. The second-order valence-electron chi connectivity index (χ2n) is 7.28. The van der Waals surface area contributed by atoms with Crippen molar-refractivity contribution < 1.29 is 9.59 Å². The molecule has 0 saturated heterocycles. The van der Waals surface area contributed by atoms with Crippen LogP contribution in [0, 0.1) is 0 Å². The van der Waals surface area contributed by atoms with Crippen molar-refractivity contribution in [2.45, 2.75) is 39.3 Å². The SMILES string of the molecule is CC(C)NC(=O)Cc1ccc(NCC(=O)N2CCc3ccccc3C2)cc1. The third kappa shape index (κ3) is 5.33. The largest absolute Gasteiger partial charge is 0.376 e. The summed E-state index contributed by atoms with van der Waals surface area (Å²) in [7, 11) is 0. The zero-order valence-corrected chi connectivity index (χ0v) is 16.0. The third-order valence-corrected chi connectivity index (χ3v) is 4.70. The van der Waals surface area contributed by atoms with Gasteiger partial charge in [0.1, 0.15) is 0 Å². The van der Waals surface area contributed by atoms with Crippen molar-refractivity contribution in [2.75, 3.05) is 18.4 Å². The lowest BCUT2D eigenvalue weighted by Gasteiger charge is -2.29. The molecule has 5 heteroatoms. The van der Waals surface area contributed by atoms with Crippen LogP contribution < -0.4 is 10.6 Å². The van der Waals surface area contributed by atoms with E-state index >= 15 is 0 Å². The van der Waals surface area contributed by atoms with E-state index in [1.54, 1.807) is 0 Å². The van der Waals surface area contributed by atoms with Crippen molar-refractivity contribution in [3.05, 3.63) is 65.2 Å². The molecule has 0 aromatic heterocycles. The van der Waals surface area contributed by atoms with E-state index in [9.17, 15) is 9.59 Å². The molecule has 0 radical (unpaired) electrons. The Morgan fingerprint density at radius 3 is 2.44 bits per heavy atom. The summed E-state index contributed by atoms with van der Waals surface area (Å²) in [6.45, 7) is 5.61. The second kappa shape index (κ2) is 8.71. The number of carbonyl (C=O) groups excluding carboxylic acids is 2. The molecule has 27 heavy (non-hydrogen) atoms. The van der Waals surface area contributed by atoms with Crippen molar-refractivity contribution >= 4 is 17.5 Å². The van der Waals surface area contributed by atoms with Gasteiger partial charge in [0.05, 0.1) is 13.0 Å². The van der Waals surface area contributed by atoms with E-state index in [1.807, 2.05) is 55.1 Å². The number of hydrogen-bond acceptors (Lipinski definition) is 3. The smallest absolute Gasteiger partial charge is 0.242 e. The summed E-state index contributed by atoms with van der Waals surface area (Å²) in [5.41, 5.74) is 4.42. The van der Waals surface area contributed by atoms with Gasteiger partial charge in [-0.15, -0.1) is 0 Å². The molecule has 1 aliphatic heterocycles. The van der Waals surface area contributed by atoms with E-state index in [1.165, 1.54) is 11.1 Å². The van der Waals surface area contributed by atoms with Crippen LogP contribution in [0.15, 0.2) is 48.5 Å². The fraction of sp³-hybridized carbons (Fsp3) is 0.364. The molecule has 1 heterocycles. The maximum atomic E-state index is 12.5. The van der Waals surface area contributed by atoms with Crippen LogP contribution >= 0.6 is 0 Å². The number of hydrogen-bond donors (Lipinski definition) is 2. The Morgan fingerprint density at radius 2 is 1.74 bits per heavy atom. The van der Waals surface area contributed by atoms with Crippen molar-refractivity contribution in [2.24, 2.45) is 0 Å². The van der Waals surface area contributed by atoms with E-state index in [-0.39, 0.29) is 24.4 Å². The van der Waals surface area contributed by atoms with Gasteiger partial charge in [-0.3, -0.25) is 9.59 Å². The molecule has 2 amide bonds. The van der Waals surface area contributed by atoms with Gasteiger partial charge < -0.3 is 15.5 Å². The van der Waals surface area contributed by atoms with E-state index in [0.717, 1.165) is 24.2 Å². The molecule has 0 aliphatic carbocycles. The first-order valence-corrected chi connectivity index (χ1v) is 9.48. The minimum Gasteiger partial charge on any atom is -0.376 e. The summed E-state index contributed by atoms with van der Waals surface area (Å²) in [6.07, 6.45) is 1.28. The molecule has 2 N–H and O–H groups in total. The summed E-state index contributed by atoms with van der Waals surface area (Å²) in [5.74, 6) is 0.121.